The lowest BCUT2D eigenvalue weighted by Gasteiger charge is -2.27. The number of aliphatic hydroxyl groups excluding tert-OH is 3. The lowest BCUT2D eigenvalue weighted by atomic mass is 9.84. The minimum absolute atomic E-state index is 0.0895. The minimum atomic E-state index is -1.06. The van der Waals surface area contributed by atoms with Gasteiger partial charge in [-0.15, -0.1) is 0 Å². The molecule has 1 aromatic carbocycles. The van der Waals surface area contributed by atoms with Crippen LogP contribution < -0.4 is 0 Å². The molecular weight excluding hydrogens is 254 g/mol. The molecule has 0 saturated carbocycles. The first-order valence-corrected chi connectivity index (χ1v) is 5.77. The lowest BCUT2D eigenvalue weighted by Crippen LogP contribution is -2.34. The summed E-state index contributed by atoms with van der Waals surface area (Å²) in [5.41, 5.74) is -0.860. The second-order valence-electron chi connectivity index (χ2n) is 4.54. The van der Waals surface area contributed by atoms with Crippen molar-refractivity contribution in [3.8, 4) is 5.75 Å². The van der Waals surface area contributed by atoms with E-state index in [0.29, 0.717) is 5.56 Å². The Bertz CT molecular complexity index is 436. The number of aryl methyl sites for hydroxylation is 1. The molecule has 1 aromatic rings. The molecule has 1 rings (SSSR count). The molecule has 0 heterocycles. The van der Waals surface area contributed by atoms with Gasteiger partial charge in [0, 0.05) is 23.1 Å². The number of benzene rings is 1. The predicted molar refractivity (Wildman–Crippen MR) is 66.8 cm³/mol. The van der Waals surface area contributed by atoms with Gasteiger partial charge < -0.3 is 20.4 Å². The first-order valence-electron chi connectivity index (χ1n) is 5.77. The summed E-state index contributed by atoms with van der Waals surface area (Å²) < 4.78 is 0. The Morgan fingerprint density at radius 3 is 2.21 bits per heavy atom. The summed E-state index contributed by atoms with van der Waals surface area (Å²) in [6.45, 7) is -1.22. The van der Waals surface area contributed by atoms with E-state index in [4.69, 9.17) is 0 Å². The third-order valence-corrected chi connectivity index (χ3v) is 3.20. The van der Waals surface area contributed by atoms with Crippen LogP contribution in [-0.2, 0) is 6.42 Å². The number of non-ortho nitro benzene ring substituents is 1. The van der Waals surface area contributed by atoms with E-state index < -0.39 is 30.2 Å². The van der Waals surface area contributed by atoms with E-state index in [-0.39, 0.29) is 24.3 Å². The molecule has 0 aliphatic carbocycles. The Morgan fingerprint density at radius 2 is 1.74 bits per heavy atom. The van der Waals surface area contributed by atoms with Gasteiger partial charge in [-0.2, -0.15) is 0 Å². The summed E-state index contributed by atoms with van der Waals surface area (Å²) in [4.78, 5) is 10.1. The van der Waals surface area contributed by atoms with E-state index in [2.05, 4.69) is 0 Å². The molecular formula is C12H17NO6. The maximum absolute atomic E-state index is 10.6. The van der Waals surface area contributed by atoms with Gasteiger partial charge in [-0.25, -0.2) is 0 Å². The summed E-state index contributed by atoms with van der Waals surface area (Å²) in [7, 11) is 0. The average molecular weight is 271 g/mol. The fourth-order valence-corrected chi connectivity index (χ4v) is 1.67. The van der Waals surface area contributed by atoms with Crippen LogP contribution in [0.1, 0.15) is 12.0 Å². The van der Waals surface area contributed by atoms with E-state index >= 15 is 0 Å². The Hall–Kier alpha value is -1.70. The normalized spacial score (nSPS) is 11.5. The highest BCUT2D eigenvalue weighted by Gasteiger charge is 2.28. The zero-order valence-electron chi connectivity index (χ0n) is 10.3. The van der Waals surface area contributed by atoms with Crippen LogP contribution in [0.4, 0.5) is 5.69 Å². The van der Waals surface area contributed by atoms with Gasteiger partial charge in [0.2, 0.25) is 0 Å². The third-order valence-electron chi connectivity index (χ3n) is 3.20. The van der Waals surface area contributed by atoms with E-state index in [9.17, 15) is 30.5 Å². The zero-order valence-corrected chi connectivity index (χ0v) is 10.3. The van der Waals surface area contributed by atoms with Crippen molar-refractivity contribution in [2.45, 2.75) is 12.8 Å². The first kappa shape index (κ1) is 15.4. The van der Waals surface area contributed by atoms with Gasteiger partial charge in [-0.1, -0.05) is 0 Å². The molecule has 0 aromatic heterocycles. The molecule has 0 amide bonds. The molecule has 7 nitrogen and oxygen atoms in total. The molecule has 0 aliphatic heterocycles. The number of hydrogen-bond donors (Lipinski definition) is 4. The quantitative estimate of drug-likeness (QED) is 0.414. The van der Waals surface area contributed by atoms with Gasteiger partial charge in [0.25, 0.3) is 5.69 Å². The minimum Gasteiger partial charge on any atom is -0.508 e. The molecule has 19 heavy (non-hydrogen) atoms. The number of aliphatic hydroxyl groups is 3. The molecule has 0 radical (unpaired) electrons. The topological polar surface area (TPSA) is 124 Å². The number of nitro groups is 1. The van der Waals surface area contributed by atoms with Gasteiger partial charge in [0.1, 0.15) is 5.75 Å². The number of rotatable bonds is 7. The second kappa shape index (κ2) is 6.46. The van der Waals surface area contributed by atoms with Crippen LogP contribution in [0.25, 0.3) is 0 Å². The van der Waals surface area contributed by atoms with Crippen molar-refractivity contribution in [3.63, 3.8) is 0 Å². The lowest BCUT2D eigenvalue weighted by molar-refractivity contribution is -0.384. The number of phenolic OH excluding ortho intramolecular Hbond substituents is 1. The fourth-order valence-electron chi connectivity index (χ4n) is 1.67. The first-order chi connectivity index (χ1) is 8.98. The van der Waals surface area contributed by atoms with Crippen LogP contribution in [0.3, 0.4) is 0 Å². The number of hydrogen-bond acceptors (Lipinski definition) is 6. The van der Waals surface area contributed by atoms with E-state index in [1.807, 2.05) is 0 Å². The van der Waals surface area contributed by atoms with Gasteiger partial charge in [-0.05, 0) is 18.9 Å². The van der Waals surface area contributed by atoms with Crippen molar-refractivity contribution in [1.29, 1.82) is 0 Å². The van der Waals surface area contributed by atoms with E-state index in [1.54, 1.807) is 0 Å². The number of nitrogens with zero attached hydrogens (tertiary/aromatic N) is 1. The standard InChI is InChI=1S/C12H17NO6/c14-6-12(7-15,8-16)4-3-9-5-10(13(18)19)1-2-11(9)17/h1-2,5,14-17H,3-4,6-8H2. The fraction of sp³-hybridized carbons (Fsp3) is 0.500. The maximum Gasteiger partial charge on any atom is 0.269 e. The van der Waals surface area contributed by atoms with Gasteiger partial charge in [0.05, 0.1) is 24.7 Å². The van der Waals surface area contributed by atoms with Gasteiger partial charge in [0.15, 0.2) is 0 Å². The molecule has 0 fully saturated rings. The Kier molecular flexibility index (Phi) is 5.22. The molecule has 0 unspecified atom stereocenters. The van der Waals surface area contributed by atoms with Crippen molar-refractivity contribution < 1.29 is 25.3 Å². The second-order valence-corrected chi connectivity index (χ2v) is 4.54. The highest BCUT2D eigenvalue weighted by atomic mass is 16.6. The maximum atomic E-state index is 10.6. The van der Waals surface area contributed by atoms with Crippen molar-refractivity contribution >= 4 is 5.69 Å². The molecule has 106 valence electrons. The largest absolute Gasteiger partial charge is 0.508 e. The molecule has 4 N–H and O–H groups in total. The van der Waals surface area contributed by atoms with Gasteiger partial charge >= 0.3 is 0 Å². The highest BCUT2D eigenvalue weighted by molar-refractivity contribution is 5.43. The van der Waals surface area contributed by atoms with Crippen LogP contribution in [0, 0.1) is 15.5 Å². The predicted octanol–water partition coefficient (Wildman–Crippen LogP) is 0.196. The Balaban J connectivity index is 2.87. The van der Waals surface area contributed by atoms with Crippen molar-refractivity contribution in [2.24, 2.45) is 5.41 Å². The van der Waals surface area contributed by atoms with E-state index in [0.717, 1.165) is 0 Å². The SMILES string of the molecule is O=[N+]([O-])c1ccc(O)c(CCC(CO)(CO)CO)c1. The van der Waals surface area contributed by atoms with Crippen molar-refractivity contribution in [3.05, 3.63) is 33.9 Å². The zero-order chi connectivity index (χ0) is 14.5. The Labute approximate surface area is 109 Å². The van der Waals surface area contributed by atoms with Crippen LogP contribution >= 0.6 is 0 Å². The summed E-state index contributed by atoms with van der Waals surface area (Å²) in [6, 6.07) is 3.66. The van der Waals surface area contributed by atoms with Crippen LogP contribution in [-0.4, -0.2) is 45.2 Å². The summed E-state index contributed by atoms with van der Waals surface area (Å²) in [5, 5.41) is 47.8. The molecule has 7 heteroatoms. The number of aromatic hydroxyl groups is 1. The molecule has 0 spiro atoms. The van der Waals surface area contributed by atoms with Crippen molar-refractivity contribution in [1.82, 2.24) is 0 Å². The van der Waals surface area contributed by atoms with E-state index in [1.165, 1.54) is 18.2 Å². The highest BCUT2D eigenvalue weighted by Crippen LogP contribution is 2.28. The number of nitro benzene ring substituents is 1. The van der Waals surface area contributed by atoms with Crippen LogP contribution in [0.2, 0.25) is 0 Å². The average Bonchev–Trinajstić information content (AvgIpc) is 2.42. The monoisotopic (exact) mass is 271 g/mol. The summed E-state index contributed by atoms with van der Waals surface area (Å²) >= 11 is 0. The molecule has 0 aliphatic rings. The molecule has 0 bridgehead atoms. The molecule has 0 atom stereocenters. The summed E-state index contributed by atoms with van der Waals surface area (Å²) in [5.74, 6) is -0.0895. The smallest absolute Gasteiger partial charge is 0.269 e. The van der Waals surface area contributed by atoms with Gasteiger partial charge in [-0.3, -0.25) is 10.1 Å². The van der Waals surface area contributed by atoms with Crippen molar-refractivity contribution in [2.75, 3.05) is 19.8 Å². The molecule has 0 saturated heterocycles. The van der Waals surface area contributed by atoms with Crippen LogP contribution in [0.5, 0.6) is 5.75 Å². The summed E-state index contributed by atoms with van der Waals surface area (Å²) in [6.07, 6.45) is 0.403. The Morgan fingerprint density at radius 1 is 1.16 bits per heavy atom. The van der Waals surface area contributed by atoms with Crippen LogP contribution in [0.15, 0.2) is 18.2 Å². The number of phenols is 1. The third kappa shape index (κ3) is 3.63.